The molecule has 1 aliphatic carbocycles. The van der Waals surface area contributed by atoms with Crippen molar-refractivity contribution in [2.75, 3.05) is 18.0 Å². The molecule has 0 aromatic heterocycles. The number of rotatable bonds is 2. The lowest BCUT2D eigenvalue weighted by molar-refractivity contribution is -0.00874. The lowest BCUT2D eigenvalue weighted by atomic mass is 9.83. The first kappa shape index (κ1) is 14.2. The fraction of sp³-hybridized carbons (Fsp3) is 0.562. The zero-order valence-corrected chi connectivity index (χ0v) is 12.6. The maximum Gasteiger partial charge on any atom is 0.405 e. The average molecular weight is 292 g/mol. The zero-order chi connectivity index (χ0) is 15.4. The molecule has 2 fully saturated rings. The Morgan fingerprint density at radius 1 is 1.33 bits per heavy atom. The van der Waals surface area contributed by atoms with Crippen LogP contribution in [0.25, 0.3) is 0 Å². The predicted octanol–water partition coefficient (Wildman–Crippen LogP) is 2.77. The molecule has 2 unspecified atom stereocenters. The van der Waals surface area contributed by atoms with Crippen LogP contribution in [0.5, 0.6) is 0 Å². The van der Waals surface area contributed by atoms with E-state index in [0.717, 1.165) is 0 Å². The van der Waals surface area contributed by atoms with Crippen LogP contribution < -0.4 is 10.6 Å². The Morgan fingerprint density at radius 3 is 2.38 bits per heavy atom. The molecule has 1 saturated heterocycles. The summed E-state index contributed by atoms with van der Waals surface area (Å²) in [5.74, 6) is 0.213. The molecule has 0 spiro atoms. The van der Waals surface area contributed by atoms with Crippen LogP contribution in [0.4, 0.5) is 14.9 Å². The van der Waals surface area contributed by atoms with Crippen LogP contribution in [0.3, 0.4) is 0 Å². The van der Waals surface area contributed by atoms with Gasteiger partial charge in [0.25, 0.3) is 0 Å². The number of piperidine rings is 1. The van der Waals surface area contributed by atoms with Crippen LogP contribution in [-0.2, 0) is 4.74 Å². The molecule has 114 valence electrons. The monoisotopic (exact) mass is 292 g/mol. The van der Waals surface area contributed by atoms with Gasteiger partial charge in [0.05, 0.1) is 5.69 Å². The predicted molar refractivity (Wildman–Crippen MR) is 78.4 cm³/mol. The summed E-state index contributed by atoms with van der Waals surface area (Å²) < 4.78 is 19.4. The molecule has 1 aromatic carbocycles. The number of fused-ring (bicyclic) bond motifs is 1. The standard InChI is InChI=1S/C16H21FN2O2/c1-15(2,3)16(21-14(18)20)10-8-19(9-11(10)16)13-7-5-4-6-12(13)17/h4-7,10-11H,8-9H2,1-3H3,(H2,18,20). The number of nitrogens with two attached hydrogens (primary N) is 1. The molecular formula is C16H21FN2O2. The second-order valence-electron chi connectivity index (χ2n) is 7.03. The van der Waals surface area contributed by atoms with E-state index in [-0.39, 0.29) is 23.1 Å². The highest BCUT2D eigenvalue weighted by Crippen LogP contribution is 2.66. The van der Waals surface area contributed by atoms with Gasteiger partial charge in [-0.3, -0.25) is 0 Å². The number of para-hydroxylation sites is 1. The molecule has 1 heterocycles. The minimum absolute atomic E-state index is 0.182. The van der Waals surface area contributed by atoms with E-state index in [1.807, 2.05) is 11.0 Å². The molecule has 0 bridgehead atoms. The maximum atomic E-state index is 13.9. The van der Waals surface area contributed by atoms with Gasteiger partial charge in [-0.2, -0.15) is 0 Å². The first-order valence-corrected chi connectivity index (χ1v) is 7.25. The van der Waals surface area contributed by atoms with Crippen molar-refractivity contribution < 1.29 is 13.9 Å². The number of nitrogens with zero attached hydrogens (tertiary/aromatic N) is 1. The highest BCUT2D eigenvalue weighted by molar-refractivity contribution is 5.66. The van der Waals surface area contributed by atoms with Gasteiger partial charge in [-0.05, 0) is 12.1 Å². The largest absolute Gasteiger partial charge is 0.442 e. The first-order valence-electron chi connectivity index (χ1n) is 7.25. The van der Waals surface area contributed by atoms with Crippen molar-refractivity contribution in [3.63, 3.8) is 0 Å². The van der Waals surface area contributed by atoms with Gasteiger partial charge in [0.1, 0.15) is 11.4 Å². The molecule has 1 aromatic rings. The van der Waals surface area contributed by atoms with Gasteiger partial charge in [0, 0.05) is 30.3 Å². The lowest BCUT2D eigenvalue weighted by Gasteiger charge is -2.36. The number of primary amides is 1. The van der Waals surface area contributed by atoms with E-state index >= 15 is 0 Å². The summed E-state index contributed by atoms with van der Waals surface area (Å²) in [6.07, 6.45) is -0.725. The first-order chi connectivity index (χ1) is 9.77. The van der Waals surface area contributed by atoms with Crippen molar-refractivity contribution in [1.29, 1.82) is 0 Å². The van der Waals surface area contributed by atoms with Crippen molar-refractivity contribution >= 4 is 11.8 Å². The van der Waals surface area contributed by atoms with Crippen molar-refractivity contribution in [1.82, 2.24) is 0 Å². The molecule has 4 nitrogen and oxygen atoms in total. The number of benzene rings is 1. The van der Waals surface area contributed by atoms with Crippen LogP contribution in [-0.4, -0.2) is 24.8 Å². The zero-order valence-electron chi connectivity index (χ0n) is 12.6. The van der Waals surface area contributed by atoms with E-state index in [9.17, 15) is 9.18 Å². The summed E-state index contributed by atoms with van der Waals surface area (Å²) in [5, 5.41) is 0. The van der Waals surface area contributed by atoms with Gasteiger partial charge in [0.2, 0.25) is 0 Å². The van der Waals surface area contributed by atoms with E-state index in [2.05, 4.69) is 20.8 Å². The molecule has 3 rings (SSSR count). The number of anilines is 1. The summed E-state index contributed by atoms with van der Waals surface area (Å²) >= 11 is 0. The highest BCUT2D eigenvalue weighted by atomic mass is 19.1. The van der Waals surface area contributed by atoms with Crippen LogP contribution in [0.15, 0.2) is 24.3 Å². The van der Waals surface area contributed by atoms with Gasteiger partial charge >= 0.3 is 6.09 Å². The fourth-order valence-corrected chi connectivity index (χ4v) is 4.07. The third-order valence-electron chi connectivity index (χ3n) is 4.95. The van der Waals surface area contributed by atoms with E-state index in [1.54, 1.807) is 12.1 Å². The van der Waals surface area contributed by atoms with Crippen molar-refractivity contribution in [2.45, 2.75) is 26.4 Å². The SMILES string of the molecule is CC(C)(C)C1(OC(N)=O)C2CN(c3ccccc3F)CC21. The number of halogens is 1. The van der Waals surface area contributed by atoms with Gasteiger partial charge in [-0.15, -0.1) is 0 Å². The summed E-state index contributed by atoms with van der Waals surface area (Å²) in [5.41, 5.74) is 5.18. The Kier molecular flexibility index (Phi) is 2.94. The average Bonchev–Trinajstić information content (AvgIpc) is 2.79. The Balaban J connectivity index is 1.81. The molecule has 1 saturated carbocycles. The Bertz CT molecular complexity index is 570. The van der Waals surface area contributed by atoms with E-state index < -0.39 is 11.7 Å². The molecule has 2 aliphatic rings. The van der Waals surface area contributed by atoms with Crippen molar-refractivity contribution in [3.05, 3.63) is 30.1 Å². The fourth-order valence-electron chi connectivity index (χ4n) is 4.07. The van der Waals surface area contributed by atoms with Gasteiger partial charge < -0.3 is 15.4 Å². The lowest BCUT2D eigenvalue weighted by Crippen LogP contribution is -2.44. The number of carbonyl (C=O) groups excluding carboxylic acids is 1. The number of carbonyl (C=O) groups is 1. The molecule has 5 heteroatoms. The van der Waals surface area contributed by atoms with E-state index in [0.29, 0.717) is 18.8 Å². The molecular weight excluding hydrogens is 271 g/mol. The van der Waals surface area contributed by atoms with Crippen molar-refractivity contribution in [3.8, 4) is 0 Å². The van der Waals surface area contributed by atoms with Crippen LogP contribution in [0.2, 0.25) is 0 Å². The molecule has 1 aliphatic heterocycles. The van der Waals surface area contributed by atoms with Crippen LogP contribution >= 0.6 is 0 Å². The van der Waals surface area contributed by atoms with Crippen LogP contribution in [0, 0.1) is 23.1 Å². The third-order valence-corrected chi connectivity index (χ3v) is 4.95. The summed E-state index contributed by atoms with van der Waals surface area (Å²) in [4.78, 5) is 13.3. The maximum absolute atomic E-state index is 13.9. The third kappa shape index (κ3) is 1.98. The minimum atomic E-state index is -0.725. The Hall–Kier alpha value is -1.78. The number of amides is 1. The quantitative estimate of drug-likeness (QED) is 0.912. The molecule has 2 atom stereocenters. The summed E-state index contributed by atoms with van der Waals surface area (Å²) in [6.45, 7) is 7.55. The van der Waals surface area contributed by atoms with Gasteiger partial charge in [-0.25, -0.2) is 9.18 Å². The second-order valence-corrected chi connectivity index (χ2v) is 7.03. The topological polar surface area (TPSA) is 55.6 Å². The molecule has 2 N–H and O–H groups in total. The molecule has 0 radical (unpaired) electrons. The van der Waals surface area contributed by atoms with Gasteiger partial charge in [-0.1, -0.05) is 32.9 Å². The molecule has 21 heavy (non-hydrogen) atoms. The van der Waals surface area contributed by atoms with Gasteiger partial charge in [0.15, 0.2) is 0 Å². The minimum Gasteiger partial charge on any atom is -0.442 e. The Morgan fingerprint density at radius 2 is 1.90 bits per heavy atom. The normalized spacial score (nSPS) is 31.0. The second kappa shape index (κ2) is 4.36. The highest BCUT2D eigenvalue weighted by Gasteiger charge is 2.76. The number of hydrogen-bond acceptors (Lipinski definition) is 3. The molecule has 1 amide bonds. The Labute approximate surface area is 124 Å². The summed E-state index contributed by atoms with van der Waals surface area (Å²) in [6, 6.07) is 6.77. The van der Waals surface area contributed by atoms with E-state index in [4.69, 9.17) is 10.5 Å². The van der Waals surface area contributed by atoms with Crippen LogP contribution in [0.1, 0.15) is 20.8 Å². The van der Waals surface area contributed by atoms with Crippen molar-refractivity contribution in [2.24, 2.45) is 23.0 Å². The number of hydrogen-bond donors (Lipinski definition) is 1. The summed E-state index contributed by atoms with van der Waals surface area (Å²) in [7, 11) is 0. The smallest absolute Gasteiger partial charge is 0.405 e. The number of ether oxygens (including phenoxy) is 1. The van der Waals surface area contributed by atoms with E-state index in [1.165, 1.54) is 6.07 Å².